The number of nitrogens with zero attached hydrogens (tertiary/aromatic N) is 1. The monoisotopic (exact) mass is 279 g/mol. The summed E-state index contributed by atoms with van der Waals surface area (Å²) in [4.78, 5) is 25.7. The van der Waals surface area contributed by atoms with E-state index in [1.54, 1.807) is 0 Å². The maximum atomic E-state index is 13.0. The molecule has 1 aliphatic heterocycles. The molecule has 19 heavy (non-hydrogen) atoms. The van der Waals surface area contributed by atoms with Crippen LogP contribution in [-0.4, -0.2) is 11.8 Å². The molecule has 5 heteroatoms. The molecule has 98 valence electrons. The van der Waals surface area contributed by atoms with Crippen molar-refractivity contribution in [2.75, 3.05) is 4.90 Å². The van der Waals surface area contributed by atoms with Gasteiger partial charge in [0.15, 0.2) is 0 Å². The van der Waals surface area contributed by atoms with Crippen LogP contribution in [-0.2, 0) is 9.59 Å². The van der Waals surface area contributed by atoms with Gasteiger partial charge in [0.1, 0.15) is 5.82 Å². The summed E-state index contributed by atoms with van der Waals surface area (Å²) in [7, 11) is 0. The van der Waals surface area contributed by atoms with E-state index in [1.807, 2.05) is 12.2 Å². The summed E-state index contributed by atoms with van der Waals surface area (Å²) < 4.78 is 13.0. The Hall–Kier alpha value is -1.68. The van der Waals surface area contributed by atoms with Crippen LogP contribution in [0.1, 0.15) is 12.8 Å². The van der Waals surface area contributed by atoms with Crippen LogP contribution < -0.4 is 4.90 Å². The van der Waals surface area contributed by atoms with Gasteiger partial charge in [-0.3, -0.25) is 9.59 Å². The van der Waals surface area contributed by atoms with Crippen molar-refractivity contribution in [3.05, 3.63) is 41.2 Å². The van der Waals surface area contributed by atoms with E-state index in [-0.39, 0.29) is 34.4 Å². The number of allylic oxidation sites excluding steroid dienone is 2. The first-order valence-corrected chi connectivity index (χ1v) is 6.45. The van der Waals surface area contributed by atoms with E-state index in [2.05, 4.69) is 0 Å². The predicted octanol–water partition coefficient (Wildman–Crippen LogP) is 2.93. The summed E-state index contributed by atoms with van der Waals surface area (Å²) in [5.41, 5.74) is 0.271. The lowest BCUT2D eigenvalue weighted by Gasteiger charge is -2.16. The minimum absolute atomic E-state index is 0.0771. The van der Waals surface area contributed by atoms with Gasteiger partial charge in [0.2, 0.25) is 11.8 Å². The highest BCUT2D eigenvalue weighted by Gasteiger charge is 2.48. The van der Waals surface area contributed by atoms with E-state index in [0.29, 0.717) is 12.8 Å². The van der Waals surface area contributed by atoms with Crippen LogP contribution in [0.5, 0.6) is 0 Å². The number of imide groups is 1. The summed E-state index contributed by atoms with van der Waals surface area (Å²) in [6.07, 6.45) is 4.99. The molecule has 0 saturated carbocycles. The number of anilines is 1. The van der Waals surface area contributed by atoms with E-state index >= 15 is 0 Å². The average Bonchev–Trinajstić information content (AvgIpc) is 2.64. The first-order chi connectivity index (χ1) is 9.09. The molecule has 2 aliphatic rings. The molecular formula is C14H11ClFNO2. The van der Waals surface area contributed by atoms with Gasteiger partial charge in [-0.05, 0) is 31.0 Å². The first kappa shape index (κ1) is 12.4. The fourth-order valence-electron chi connectivity index (χ4n) is 2.70. The van der Waals surface area contributed by atoms with Gasteiger partial charge >= 0.3 is 0 Å². The van der Waals surface area contributed by atoms with Gasteiger partial charge in [0.25, 0.3) is 0 Å². The van der Waals surface area contributed by atoms with Gasteiger partial charge in [-0.25, -0.2) is 9.29 Å². The van der Waals surface area contributed by atoms with E-state index < -0.39 is 5.82 Å². The number of carbonyl (C=O) groups excluding carboxylic acids is 2. The van der Waals surface area contributed by atoms with Crippen molar-refractivity contribution >= 4 is 29.1 Å². The highest BCUT2D eigenvalue weighted by molar-refractivity contribution is 6.36. The van der Waals surface area contributed by atoms with Crippen LogP contribution in [0.4, 0.5) is 10.1 Å². The molecule has 2 amide bonds. The Morgan fingerprint density at radius 1 is 1.11 bits per heavy atom. The number of benzene rings is 1. The Labute approximate surface area is 114 Å². The van der Waals surface area contributed by atoms with E-state index in [1.165, 1.54) is 12.1 Å². The first-order valence-electron chi connectivity index (χ1n) is 6.07. The van der Waals surface area contributed by atoms with Crippen molar-refractivity contribution in [3.8, 4) is 0 Å². The van der Waals surface area contributed by atoms with Gasteiger partial charge in [-0.2, -0.15) is 0 Å². The smallest absolute Gasteiger partial charge is 0.238 e. The molecule has 0 bridgehead atoms. The molecule has 0 N–H and O–H groups in total. The fraction of sp³-hybridized carbons (Fsp3) is 0.286. The summed E-state index contributed by atoms with van der Waals surface area (Å²) >= 11 is 5.94. The average molecular weight is 280 g/mol. The zero-order valence-electron chi connectivity index (χ0n) is 9.98. The molecular weight excluding hydrogens is 269 g/mol. The maximum Gasteiger partial charge on any atom is 0.238 e. The molecule has 0 radical (unpaired) electrons. The number of hydrogen-bond acceptors (Lipinski definition) is 2. The zero-order chi connectivity index (χ0) is 13.6. The Morgan fingerprint density at radius 3 is 2.21 bits per heavy atom. The normalized spacial score (nSPS) is 25.9. The molecule has 0 aromatic heterocycles. The maximum absolute atomic E-state index is 13.0. The van der Waals surface area contributed by atoms with Crippen LogP contribution in [0.3, 0.4) is 0 Å². The largest absolute Gasteiger partial charge is 0.274 e. The lowest BCUT2D eigenvalue weighted by Crippen LogP contribution is -2.31. The van der Waals surface area contributed by atoms with Crippen molar-refractivity contribution < 1.29 is 14.0 Å². The second-order valence-electron chi connectivity index (χ2n) is 4.76. The standard InChI is InChI=1S/C14H11ClFNO2/c15-11-7-8(16)5-6-12(11)17-13(18)9-3-1-2-4-10(9)14(17)19/h1-2,5-7,9-10H,3-4H2/t9-,10-/m0/s1. The molecule has 1 aromatic rings. The molecule has 2 atom stereocenters. The summed E-state index contributed by atoms with van der Waals surface area (Å²) in [6, 6.07) is 3.68. The molecule has 3 nitrogen and oxygen atoms in total. The predicted molar refractivity (Wildman–Crippen MR) is 69.3 cm³/mol. The van der Waals surface area contributed by atoms with Crippen molar-refractivity contribution in [1.82, 2.24) is 0 Å². The van der Waals surface area contributed by atoms with E-state index in [0.717, 1.165) is 11.0 Å². The molecule has 3 rings (SSSR count). The number of hydrogen-bond donors (Lipinski definition) is 0. The highest BCUT2D eigenvalue weighted by Crippen LogP contribution is 2.39. The summed E-state index contributed by atoms with van der Waals surface area (Å²) in [6.45, 7) is 0. The van der Waals surface area contributed by atoms with E-state index in [9.17, 15) is 14.0 Å². The molecule has 1 aliphatic carbocycles. The van der Waals surface area contributed by atoms with Crippen LogP contribution in [0, 0.1) is 17.7 Å². The molecule has 0 spiro atoms. The molecule has 1 aromatic carbocycles. The highest BCUT2D eigenvalue weighted by atomic mass is 35.5. The van der Waals surface area contributed by atoms with Crippen LogP contribution >= 0.6 is 11.6 Å². The topological polar surface area (TPSA) is 37.4 Å². The minimum Gasteiger partial charge on any atom is -0.274 e. The van der Waals surface area contributed by atoms with Crippen molar-refractivity contribution in [2.24, 2.45) is 11.8 Å². The Kier molecular flexibility index (Phi) is 2.90. The lowest BCUT2D eigenvalue weighted by atomic mass is 9.85. The van der Waals surface area contributed by atoms with Crippen LogP contribution in [0.15, 0.2) is 30.4 Å². The summed E-state index contributed by atoms with van der Waals surface area (Å²) in [5, 5.41) is 0.0771. The zero-order valence-corrected chi connectivity index (χ0v) is 10.7. The third kappa shape index (κ3) is 1.87. The lowest BCUT2D eigenvalue weighted by molar-refractivity contribution is -0.122. The Bertz CT molecular complexity index is 573. The third-order valence-electron chi connectivity index (χ3n) is 3.66. The number of carbonyl (C=O) groups is 2. The Balaban J connectivity index is 2.02. The SMILES string of the molecule is O=C1[C@H]2CC=CC[C@@H]2C(=O)N1c1ccc(F)cc1Cl. The van der Waals surface area contributed by atoms with Crippen LogP contribution in [0.25, 0.3) is 0 Å². The van der Waals surface area contributed by atoms with Gasteiger partial charge in [0.05, 0.1) is 22.5 Å². The Morgan fingerprint density at radius 2 is 1.68 bits per heavy atom. The molecule has 1 saturated heterocycles. The molecule has 1 heterocycles. The van der Waals surface area contributed by atoms with Gasteiger partial charge in [-0.1, -0.05) is 23.8 Å². The van der Waals surface area contributed by atoms with Crippen molar-refractivity contribution in [2.45, 2.75) is 12.8 Å². The number of amides is 2. The molecule has 0 unspecified atom stereocenters. The van der Waals surface area contributed by atoms with Crippen molar-refractivity contribution in [3.63, 3.8) is 0 Å². The van der Waals surface area contributed by atoms with Gasteiger partial charge in [-0.15, -0.1) is 0 Å². The number of fused-ring (bicyclic) bond motifs is 1. The number of rotatable bonds is 1. The fourth-order valence-corrected chi connectivity index (χ4v) is 2.95. The quantitative estimate of drug-likeness (QED) is 0.585. The second-order valence-corrected chi connectivity index (χ2v) is 5.17. The van der Waals surface area contributed by atoms with Crippen LogP contribution in [0.2, 0.25) is 5.02 Å². The van der Waals surface area contributed by atoms with E-state index in [4.69, 9.17) is 11.6 Å². The summed E-state index contributed by atoms with van der Waals surface area (Å²) in [5.74, 6) is -1.59. The van der Waals surface area contributed by atoms with Gasteiger partial charge < -0.3 is 0 Å². The molecule has 1 fully saturated rings. The minimum atomic E-state index is -0.494. The number of halogens is 2. The second kappa shape index (κ2) is 4.46. The third-order valence-corrected chi connectivity index (χ3v) is 3.96. The van der Waals surface area contributed by atoms with Gasteiger partial charge in [0, 0.05) is 0 Å². The van der Waals surface area contributed by atoms with Crippen molar-refractivity contribution in [1.29, 1.82) is 0 Å².